The molecule has 0 radical (unpaired) electrons. The summed E-state index contributed by atoms with van der Waals surface area (Å²) in [7, 11) is 0. The molecule has 2 fully saturated rings. The van der Waals surface area contributed by atoms with Crippen molar-refractivity contribution in [1.82, 2.24) is 0 Å². The van der Waals surface area contributed by atoms with Crippen LogP contribution in [-0.4, -0.2) is 41.8 Å². The van der Waals surface area contributed by atoms with E-state index in [1.54, 1.807) is 0 Å². The van der Waals surface area contributed by atoms with Crippen LogP contribution in [0.1, 0.15) is 11.1 Å². The van der Waals surface area contributed by atoms with Crippen molar-refractivity contribution >= 4 is 23.2 Å². The third kappa shape index (κ3) is 3.58. The Morgan fingerprint density at radius 1 is 0.708 bits per heavy atom. The summed E-state index contributed by atoms with van der Waals surface area (Å²) in [6.07, 6.45) is 0. The molecule has 0 atom stereocenters. The van der Waals surface area contributed by atoms with Gasteiger partial charge < -0.3 is 12.4 Å². The normalized spacial score (nSPS) is 27.9. The summed E-state index contributed by atoms with van der Waals surface area (Å²) in [6.45, 7) is 8.53. The van der Waals surface area contributed by atoms with E-state index in [4.69, 9.17) is 23.2 Å². The van der Waals surface area contributed by atoms with Crippen molar-refractivity contribution in [2.24, 2.45) is 0 Å². The van der Waals surface area contributed by atoms with E-state index in [1.807, 2.05) is 12.1 Å². The molecule has 0 saturated carbocycles. The highest BCUT2D eigenvalue weighted by atomic mass is 35.5. The Kier molecular flexibility index (Phi) is 5.15. The Hall–Kier alpha value is -0.770. The smallest absolute Gasteiger partial charge is 0.208 e. The fourth-order valence-electron chi connectivity index (χ4n) is 4.45. The first-order valence-corrected chi connectivity index (χ1v) is 9.01. The van der Waals surface area contributed by atoms with E-state index in [1.165, 1.54) is 52.9 Å². The molecule has 2 aliphatic rings. The van der Waals surface area contributed by atoms with E-state index in [2.05, 4.69) is 36.4 Å². The molecule has 2 aromatic carbocycles. The van der Waals surface area contributed by atoms with Crippen LogP contribution in [0.4, 0.5) is 0 Å². The minimum Gasteiger partial charge on any atom is -1.00 e. The summed E-state index contributed by atoms with van der Waals surface area (Å²) >= 11 is 12.3. The molecule has 2 heterocycles. The van der Waals surface area contributed by atoms with Gasteiger partial charge in [-0.1, -0.05) is 47.5 Å². The number of piperazine rings is 1. The Morgan fingerprint density at radius 3 is 1.50 bits per heavy atom. The summed E-state index contributed by atoms with van der Waals surface area (Å²) in [5, 5.41) is 1.69. The van der Waals surface area contributed by atoms with Crippen LogP contribution in [0.3, 0.4) is 0 Å². The Labute approximate surface area is 160 Å². The molecule has 2 aromatic rings. The summed E-state index contributed by atoms with van der Waals surface area (Å²) in [5.74, 6) is 0. The van der Waals surface area contributed by atoms with Crippen molar-refractivity contribution in [3.63, 3.8) is 0 Å². The molecule has 0 aliphatic carbocycles. The molecule has 2 nitrogen and oxygen atoms in total. The van der Waals surface area contributed by atoms with Crippen molar-refractivity contribution in [1.29, 1.82) is 0 Å². The van der Waals surface area contributed by atoms with Crippen LogP contribution < -0.4 is 12.4 Å². The van der Waals surface area contributed by atoms with Gasteiger partial charge in [0, 0.05) is 21.2 Å². The van der Waals surface area contributed by atoms with E-state index in [-0.39, 0.29) is 12.4 Å². The van der Waals surface area contributed by atoms with Crippen LogP contribution in [0, 0.1) is 0 Å². The SMILES string of the molecule is Clc1cccc(C[N+]23CC[N+](Cc4cccc(Cl)c4)(CC2)C3)c1.[Cl-]. The van der Waals surface area contributed by atoms with Crippen molar-refractivity contribution in [3.8, 4) is 0 Å². The fraction of sp³-hybridized carbons (Fsp3) is 0.368. The first-order valence-electron chi connectivity index (χ1n) is 8.26. The molecule has 0 amide bonds. The summed E-state index contributed by atoms with van der Waals surface area (Å²) < 4.78 is 2.42. The molecule has 0 aromatic heterocycles. The van der Waals surface area contributed by atoms with Crippen molar-refractivity contribution in [3.05, 3.63) is 69.7 Å². The molecule has 2 bridgehead atoms. The van der Waals surface area contributed by atoms with Gasteiger partial charge >= 0.3 is 0 Å². The average molecular weight is 385 g/mol. The van der Waals surface area contributed by atoms with E-state index >= 15 is 0 Å². The van der Waals surface area contributed by atoms with Crippen molar-refractivity contribution in [2.45, 2.75) is 13.1 Å². The Balaban J connectivity index is 0.00000169. The maximum atomic E-state index is 6.16. The number of hydrogen-bond acceptors (Lipinski definition) is 0. The number of benzene rings is 2. The average Bonchev–Trinajstić information content (AvgIpc) is 3.02. The molecule has 128 valence electrons. The lowest BCUT2D eigenvalue weighted by atomic mass is 10.1. The highest BCUT2D eigenvalue weighted by molar-refractivity contribution is 6.30. The standard InChI is InChI=1S/C19H22Cl2N2.ClH/c20-18-5-1-3-16(11-18)13-22-7-9-23(15-22,10-8-22)14-17-4-2-6-19(21)12-17;/h1-6,11-12H,7-10,13-15H2;1H/q+2;/p-1. The van der Waals surface area contributed by atoms with E-state index < -0.39 is 0 Å². The maximum absolute atomic E-state index is 6.16. The third-order valence-electron chi connectivity index (χ3n) is 5.51. The van der Waals surface area contributed by atoms with Crippen LogP contribution in [0.15, 0.2) is 48.5 Å². The molecule has 5 heteroatoms. The predicted octanol–water partition coefficient (Wildman–Crippen LogP) is 1.32. The molecular formula is C19H22Cl3N2+. The molecule has 4 rings (SSSR count). The predicted molar refractivity (Wildman–Crippen MR) is 95.2 cm³/mol. The molecule has 0 unspecified atom stereocenters. The topological polar surface area (TPSA) is 0 Å². The number of nitrogens with zero attached hydrogens (tertiary/aromatic N) is 2. The fourth-order valence-corrected chi connectivity index (χ4v) is 4.88. The number of fused-ring (bicyclic) bond motifs is 2. The zero-order chi connectivity index (χ0) is 15.9. The largest absolute Gasteiger partial charge is 1.00 e. The Morgan fingerprint density at radius 2 is 1.12 bits per heavy atom. The van der Waals surface area contributed by atoms with Crippen LogP contribution in [0.25, 0.3) is 0 Å². The van der Waals surface area contributed by atoms with Crippen LogP contribution in [0.5, 0.6) is 0 Å². The van der Waals surface area contributed by atoms with Gasteiger partial charge in [0.05, 0.1) is 0 Å². The second-order valence-corrected chi connectivity index (χ2v) is 8.17. The lowest BCUT2D eigenvalue weighted by molar-refractivity contribution is -1.000. The number of rotatable bonds is 4. The van der Waals surface area contributed by atoms with Gasteiger partial charge in [0.15, 0.2) is 0 Å². The molecule has 0 spiro atoms. The van der Waals surface area contributed by atoms with Gasteiger partial charge in [-0.25, -0.2) is 0 Å². The van der Waals surface area contributed by atoms with E-state index in [9.17, 15) is 0 Å². The quantitative estimate of drug-likeness (QED) is 0.698. The highest BCUT2D eigenvalue weighted by Gasteiger charge is 2.55. The summed E-state index contributed by atoms with van der Waals surface area (Å²) in [5.41, 5.74) is 2.73. The molecular weight excluding hydrogens is 363 g/mol. The monoisotopic (exact) mass is 383 g/mol. The zero-order valence-electron chi connectivity index (χ0n) is 13.6. The maximum Gasteiger partial charge on any atom is 0.208 e. The van der Waals surface area contributed by atoms with Crippen molar-refractivity contribution in [2.75, 3.05) is 32.8 Å². The van der Waals surface area contributed by atoms with Gasteiger partial charge in [-0.15, -0.1) is 0 Å². The lowest BCUT2D eigenvalue weighted by Crippen LogP contribution is -3.00. The number of quaternary nitrogens is 2. The second-order valence-electron chi connectivity index (χ2n) is 7.30. The second kappa shape index (κ2) is 6.86. The van der Waals surface area contributed by atoms with Gasteiger partial charge in [0.2, 0.25) is 6.67 Å². The van der Waals surface area contributed by atoms with Crippen LogP contribution in [0.2, 0.25) is 10.0 Å². The number of halogens is 3. The summed E-state index contributed by atoms with van der Waals surface area (Å²) in [6, 6.07) is 16.7. The first kappa shape index (κ1) is 18.0. The highest BCUT2D eigenvalue weighted by Crippen LogP contribution is 2.35. The minimum atomic E-state index is 0. The van der Waals surface area contributed by atoms with Gasteiger partial charge in [-0.2, -0.15) is 0 Å². The molecule has 24 heavy (non-hydrogen) atoms. The minimum absolute atomic E-state index is 0. The van der Waals surface area contributed by atoms with Gasteiger partial charge in [0.1, 0.15) is 39.3 Å². The molecule has 0 N–H and O–H groups in total. The molecule has 2 aliphatic heterocycles. The van der Waals surface area contributed by atoms with Crippen LogP contribution in [-0.2, 0) is 13.1 Å². The number of hydrogen-bond donors (Lipinski definition) is 0. The van der Waals surface area contributed by atoms with Gasteiger partial charge in [-0.05, 0) is 24.3 Å². The van der Waals surface area contributed by atoms with Crippen molar-refractivity contribution < 1.29 is 21.4 Å². The zero-order valence-corrected chi connectivity index (χ0v) is 15.9. The van der Waals surface area contributed by atoms with Gasteiger partial charge in [0.25, 0.3) is 0 Å². The van der Waals surface area contributed by atoms with E-state index in [0.717, 1.165) is 23.1 Å². The van der Waals surface area contributed by atoms with Gasteiger partial charge in [-0.3, -0.25) is 8.97 Å². The Bertz CT molecular complexity index is 663. The first-order chi connectivity index (χ1) is 11.1. The third-order valence-corrected chi connectivity index (χ3v) is 5.98. The lowest BCUT2D eigenvalue weighted by Gasteiger charge is -2.27. The van der Waals surface area contributed by atoms with E-state index in [0.29, 0.717) is 0 Å². The molecule has 2 saturated heterocycles. The summed E-state index contributed by atoms with van der Waals surface area (Å²) in [4.78, 5) is 0. The van der Waals surface area contributed by atoms with Crippen LogP contribution >= 0.6 is 23.2 Å².